The predicted molar refractivity (Wildman–Crippen MR) is 107 cm³/mol. The highest BCUT2D eigenvalue weighted by Crippen LogP contribution is 2.54. The summed E-state index contributed by atoms with van der Waals surface area (Å²) in [5.41, 5.74) is 3.80. The molecule has 0 atom stereocenters. The molecule has 1 fully saturated rings. The summed E-state index contributed by atoms with van der Waals surface area (Å²) in [5.74, 6) is 0.646. The molecular formula is C20H21ClN2O2S. The summed E-state index contributed by atoms with van der Waals surface area (Å²) < 4.78 is 26.0. The second kappa shape index (κ2) is 6.03. The van der Waals surface area contributed by atoms with Crippen molar-refractivity contribution in [2.75, 3.05) is 11.0 Å². The third kappa shape index (κ3) is 2.89. The van der Waals surface area contributed by atoms with Crippen molar-refractivity contribution < 1.29 is 8.42 Å². The zero-order valence-electron chi connectivity index (χ0n) is 14.7. The highest BCUT2D eigenvalue weighted by Gasteiger charge is 2.46. The maximum absolute atomic E-state index is 11.7. The van der Waals surface area contributed by atoms with Gasteiger partial charge < -0.3 is 4.98 Å². The van der Waals surface area contributed by atoms with E-state index in [1.807, 2.05) is 24.4 Å². The van der Waals surface area contributed by atoms with E-state index in [0.717, 1.165) is 28.8 Å². The largest absolute Gasteiger partial charge is 0.359 e. The van der Waals surface area contributed by atoms with E-state index in [-0.39, 0.29) is 5.41 Å². The normalized spacial score (nSPS) is 23.0. The number of rotatable bonds is 4. The van der Waals surface area contributed by atoms with Crippen molar-refractivity contribution in [1.29, 1.82) is 0 Å². The fourth-order valence-electron chi connectivity index (χ4n) is 4.35. The minimum atomic E-state index is -3.34. The Hall–Kier alpha value is -1.98. The molecule has 1 heterocycles. The second-order valence-corrected chi connectivity index (χ2v) is 9.59. The number of halogens is 1. The summed E-state index contributed by atoms with van der Waals surface area (Å²) in [7, 11) is -3.34. The topological polar surface area (TPSA) is 62.0 Å². The Bertz CT molecular complexity index is 1060. The third-order valence-electron chi connectivity index (χ3n) is 5.32. The fourth-order valence-corrected chi connectivity index (χ4v) is 5.04. The molecule has 0 radical (unpaired) electrons. The van der Waals surface area contributed by atoms with Gasteiger partial charge in [0, 0.05) is 22.0 Å². The van der Waals surface area contributed by atoms with Crippen LogP contribution in [0.5, 0.6) is 0 Å². The van der Waals surface area contributed by atoms with Crippen LogP contribution < -0.4 is 4.72 Å². The minimum Gasteiger partial charge on any atom is -0.359 e. The molecule has 2 N–H and O–H groups in total. The van der Waals surface area contributed by atoms with Gasteiger partial charge in [-0.05, 0) is 48.1 Å². The Morgan fingerprint density at radius 2 is 1.85 bits per heavy atom. The molecule has 0 unspecified atom stereocenters. The number of anilines is 1. The molecular weight excluding hydrogens is 368 g/mol. The van der Waals surface area contributed by atoms with Gasteiger partial charge in [-0.15, -0.1) is 0 Å². The number of hydrogen-bond acceptors (Lipinski definition) is 2. The Labute approximate surface area is 158 Å². The first-order valence-electron chi connectivity index (χ1n) is 8.63. The summed E-state index contributed by atoms with van der Waals surface area (Å²) in [6, 6.07) is 13.8. The van der Waals surface area contributed by atoms with Crippen LogP contribution in [0.1, 0.15) is 30.9 Å². The molecule has 3 aromatic rings. The lowest BCUT2D eigenvalue weighted by atomic mass is 9.56. The summed E-state index contributed by atoms with van der Waals surface area (Å²) in [6.07, 6.45) is 5.31. The Morgan fingerprint density at radius 3 is 2.46 bits per heavy atom. The van der Waals surface area contributed by atoms with Gasteiger partial charge in [0.05, 0.1) is 17.5 Å². The molecule has 1 saturated carbocycles. The van der Waals surface area contributed by atoms with E-state index in [9.17, 15) is 8.42 Å². The molecule has 0 amide bonds. The third-order valence-corrected chi connectivity index (χ3v) is 6.16. The first kappa shape index (κ1) is 17.4. The van der Waals surface area contributed by atoms with Crippen LogP contribution in [-0.4, -0.2) is 19.7 Å². The quantitative estimate of drug-likeness (QED) is 0.667. The summed E-state index contributed by atoms with van der Waals surface area (Å²) in [6.45, 7) is 2.26. The smallest absolute Gasteiger partial charge is 0.229 e. The van der Waals surface area contributed by atoms with Gasteiger partial charge in [-0.3, -0.25) is 4.72 Å². The van der Waals surface area contributed by atoms with Crippen molar-refractivity contribution in [1.82, 2.24) is 4.98 Å². The van der Waals surface area contributed by atoms with Gasteiger partial charge in [0.2, 0.25) is 10.0 Å². The van der Waals surface area contributed by atoms with E-state index in [0.29, 0.717) is 11.6 Å². The van der Waals surface area contributed by atoms with E-state index in [4.69, 9.17) is 11.6 Å². The number of hydrogen-bond donors (Lipinski definition) is 2. The number of H-pyrrole nitrogens is 1. The maximum Gasteiger partial charge on any atom is 0.229 e. The highest BCUT2D eigenvalue weighted by atomic mass is 35.5. The summed E-state index contributed by atoms with van der Waals surface area (Å²) in [4.78, 5) is 3.30. The van der Waals surface area contributed by atoms with Gasteiger partial charge >= 0.3 is 0 Å². The van der Waals surface area contributed by atoms with Crippen LogP contribution in [0, 0.1) is 5.92 Å². The van der Waals surface area contributed by atoms with Gasteiger partial charge in [-0.25, -0.2) is 8.42 Å². The molecule has 26 heavy (non-hydrogen) atoms. The lowest BCUT2D eigenvalue weighted by Gasteiger charge is -2.47. The first-order chi connectivity index (χ1) is 12.3. The van der Waals surface area contributed by atoms with Crippen molar-refractivity contribution >= 4 is 38.2 Å². The first-order valence-corrected chi connectivity index (χ1v) is 10.9. The number of aromatic amines is 1. The Balaban J connectivity index is 1.87. The molecule has 136 valence electrons. The zero-order valence-corrected chi connectivity index (χ0v) is 16.3. The van der Waals surface area contributed by atoms with E-state index in [1.54, 1.807) is 6.07 Å². The Morgan fingerprint density at radius 1 is 1.15 bits per heavy atom. The molecule has 6 heteroatoms. The Kier molecular flexibility index (Phi) is 4.04. The number of fused-ring (bicyclic) bond motifs is 1. The van der Waals surface area contributed by atoms with Crippen LogP contribution in [0.25, 0.3) is 10.9 Å². The predicted octanol–water partition coefficient (Wildman–Crippen LogP) is 4.91. The van der Waals surface area contributed by atoms with Crippen LogP contribution in [0.4, 0.5) is 5.69 Å². The van der Waals surface area contributed by atoms with Crippen molar-refractivity contribution in [2.45, 2.75) is 25.2 Å². The average molecular weight is 389 g/mol. The van der Waals surface area contributed by atoms with Gasteiger partial charge in [0.25, 0.3) is 0 Å². The molecule has 0 bridgehead atoms. The standard InChI is InChI=1S/C20H21ClN2O2S/c1-13-10-20(11-13,14-6-8-15(21)9-7-14)17-12-22-19-16(17)4-3-5-18(19)23-26(2,24)25/h3-9,12-13,22-23H,10-11H2,1-2H3. The monoisotopic (exact) mass is 388 g/mol. The van der Waals surface area contributed by atoms with Gasteiger partial charge in [-0.1, -0.05) is 42.8 Å². The van der Waals surface area contributed by atoms with Gasteiger partial charge in [-0.2, -0.15) is 0 Å². The van der Waals surface area contributed by atoms with Crippen LogP contribution in [0.2, 0.25) is 5.02 Å². The molecule has 4 nitrogen and oxygen atoms in total. The van der Waals surface area contributed by atoms with Crippen LogP contribution in [0.3, 0.4) is 0 Å². The summed E-state index contributed by atoms with van der Waals surface area (Å²) >= 11 is 6.08. The van der Waals surface area contributed by atoms with Crippen molar-refractivity contribution in [3.63, 3.8) is 0 Å². The van der Waals surface area contributed by atoms with Crippen molar-refractivity contribution in [3.05, 3.63) is 64.8 Å². The van der Waals surface area contributed by atoms with Gasteiger partial charge in [0.1, 0.15) is 0 Å². The van der Waals surface area contributed by atoms with E-state index < -0.39 is 10.0 Å². The van der Waals surface area contributed by atoms with Gasteiger partial charge in [0.15, 0.2) is 0 Å². The number of sulfonamides is 1. The molecule has 0 spiro atoms. The number of aromatic nitrogens is 1. The molecule has 0 aliphatic heterocycles. The van der Waals surface area contributed by atoms with Crippen molar-refractivity contribution in [3.8, 4) is 0 Å². The highest BCUT2D eigenvalue weighted by molar-refractivity contribution is 7.92. The van der Waals surface area contributed by atoms with Crippen LogP contribution in [0.15, 0.2) is 48.7 Å². The average Bonchev–Trinajstić information content (AvgIpc) is 2.96. The second-order valence-electron chi connectivity index (χ2n) is 7.41. The minimum absolute atomic E-state index is 0.0635. The summed E-state index contributed by atoms with van der Waals surface area (Å²) in [5, 5.41) is 1.79. The van der Waals surface area contributed by atoms with Crippen molar-refractivity contribution in [2.24, 2.45) is 5.92 Å². The molecule has 1 aromatic heterocycles. The van der Waals surface area contributed by atoms with Crippen LogP contribution in [-0.2, 0) is 15.4 Å². The number of nitrogens with one attached hydrogen (secondary N) is 2. The lowest BCUT2D eigenvalue weighted by Crippen LogP contribution is -2.41. The van der Waals surface area contributed by atoms with E-state index in [2.05, 4.69) is 34.8 Å². The molecule has 1 aliphatic carbocycles. The van der Waals surface area contributed by atoms with Crippen LogP contribution >= 0.6 is 11.6 Å². The molecule has 1 aliphatic rings. The zero-order chi connectivity index (χ0) is 18.5. The fraction of sp³-hybridized carbons (Fsp3) is 0.300. The molecule has 2 aromatic carbocycles. The maximum atomic E-state index is 11.7. The number of para-hydroxylation sites is 1. The van der Waals surface area contributed by atoms with E-state index in [1.165, 1.54) is 17.4 Å². The molecule has 0 saturated heterocycles. The lowest BCUT2D eigenvalue weighted by molar-refractivity contribution is 0.202. The number of benzene rings is 2. The van der Waals surface area contributed by atoms with E-state index >= 15 is 0 Å². The molecule has 4 rings (SSSR count). The SMILES string of the molecule is CC1CC(c2ccc(Cl)cc2)(c2c[nH]c3c(NS(C)(=O)=O)cccc23)C1.